The molecule has 3 nitrogen and oxygen atoms in total. The zero-order valence-corrected chi connectivity index (χ0v) is 8.25. The normalized spacial score (nSPS) is 15.6. The molecular formula is C10H18N2O. The van der Waals surface area contributed by atoms with E-state index in [1.54, 1.807) is 0 Å². The number of H-pyrrole nitrogens is 1. The van der Waals surface area contributed by atoms with Gasteiger partial charge in [-0.3, -0.25) is 0 Å². The summed E-state index contributed by atoms with van der Waals surface area (Å²) in [6, 6.07) is 2.39. The molecule has 13 heavy (non-hydrogen) atoms. The summed E-state index contributed by atoms with van der Waals surface area (Å²) < 4.78 is 0. The van der Waals surface area contributed by atoms with Crippen molar-refractivity contribution in [3.8, 4) is 0 Å². The molecule has 0 spiro atoms. The summed E-state index contributed by atoms with van der Waals surface area (Å²) in [5.41, 5.74) is 1.25. The standard InChI is InChI=1S/C10H18N2O/c1-8(7-13)9(2)12-6-10-3-4-11-5-10/h3-5,8-9,11-13H,6-7H2,1-2H3. The molecule has 3 heteroatoms. The zero-order valence-electron chi connectivity index (χ0n) is 8.25. The minimum Gasteiger partial charge on any atom is -0.396 e. The van der Waals surface area contributed by atoms with E-state index in [0.29, 0.717) is 12.0 Å². The Morgan fingerprint density at radius 3 is 2.85 bits per heavy atom. The largest absolute Gasteiger partial charge is 0.396 e. The third-order valence-corrected chi connectivity index (χ3v) is 2.43. The number of aromatic nitrogens is 1. The predicted molar refractivity (Wildman–Crippen MR) is 53.3 cm³/mol. The van der Waals surface area contributed by atoms with Gasteiger partial charge in [0.2, 0.25) is 0 Å². The second-order valence-electron chi connectivity index (χ2n) is 3.55. The van der Waals surface area contributed by atoms with Gasteiger partial charge in [-0.05, 0) is 24.5 Å². The smallest absolute Gasteiger partial charge is 0.0471 e. The van der Waals surface area contributed by atoms with Gasteiger partial charge < -0.3 is 15.4 Å². The maximum atomic E-state index is 8.92. The quantitative estimate of drug-likeness (QED) is 0.639. The Hall–Kier alpha value is -0.800. The van der Waals surface area contributed by atoms with Crippen molar-refractivity contribution in [2.75, 3.05) is 6.61 Å². The highest BCUT2D eigenvalue weighted by atomic mass is 16.3. The fraction of sp³-hybridized carbons (Fsp3) is 0.600. The molecule has 0 aliphatic heterocycles. The van der Waals surface area contributed by atoms with E-state index in [0.717, 1.165) is 6.54 Å². The molecule has 1 aromatic heterocycles. The van der Waals surface area contributed by atoms with Crippen LogP contribution in [0.25, 0.3) is 0 Å². The average Bonchev–Trinajstić information content (AvgIpc) is 2.65. The minimum atomic E-state index is 0.237. The second-order valence-corrected chi connectivity index (χ2v) is 3.55. The molecule has 0 aromatic carbocycles. The number of hydrogen-bond donors (Lipinski definition) is 3. The molecule has 0 aliphatic carbocycles. The van der Waals surface area contributed by atoms with Crippen LogP contribution in [0.5, 0.6) is 0 Å². The summed E-state index contributed by atoms with van der Waals surface area (Å²) in [6.07, 6.45) is 3.89. The van der Waals surface area contributed by atoms with E-state index in [1.807, 2.05) is 25.4 Å². The first-order valence-electron chi connectivity index (χ1n) is 4.70. The lowest BCUT2D eigenvalue weighted by atomic mass is 10.1. The van der Waals surface area contributed by atoms with Crippen LogP contribution in [0.1, 0.15) is 19.4 Å². The molecule has 0 fully saturated rings. The number of hydrogen-bond acceptors (Lipinski definition) is 2. The Morgan fingerprint density at radius 2 is 2.31 bits per heavy atom. The van der Waals surface area contributed by atoms with Crippen molar-refractivity contribution in [3.63, 3.8) is 0 Å². The van der Waals surface area contributed by atoms with Crippen molar-refractivity contribution in [1.82, 2.24) is 10.3 Å². The molecule has 0 bridgehead atoms. The molecule has 3 N–H and O–H groups in total. The molecule has 2 unspecified atom stereocenters. The molecule has 0 amide bonds. The Balaban J connectivity index is 2.26. The molecule has 0 aliphatic rings. The van der Waals surface area contributed by atoms with E-state index in [-0.39, 0.29) is 6.61 Å². The predicted octanol–water partition coefficient (Wildman–Crippen LogP) is 1.12. The molecule has 2 atom stereocenters. The molecule has 1 aromatic rings. The number of nitrogens with one attached hydrogen (secondary N) is 2. The van der Waals surface area contributed by atoms with Crippen molar-refractivity contribution in [2.45, 2.75) is 26.4 Å². The van der Waals surface area contributed by atoms with Gasteiger partial charge in [0.25, 0.3) is 0 Å². The van der Waals surface area contributed by atoms with Gasteiger partial charge in [-0.1, -0.05) is 6.92 Å². The van der Waals surface area contributed by atoms with Gasteiger partial charge in [-0.2, -0.15) is 0 Å². The van der Waals surface area contributed by atoms with Crippen LogP contribution in [0.2, 0.25) is 0 Å². The van der Waals surface area contributed by atoms with Crippen molar-refractivity contribution in [1.29, 1.82) is 0 Å². The number of aromatic amines is 1. The Labute approximate surface area is 79.2 Å². The Kier molecular flexibility index (Phi) is 3.99. The van der Waals surface area contributed by atoms with E-state index >= 15 is 0 Å². The van der Waals surface area contributed by atoms with E-state index in [9.17, 15) is 0 Å². The monoisotopic (exact) mass is 182 g/mol. The summed E-state index contributed by atoms with van der Waals surface area (Å²) in [4.78, 5) is 3.01. The number of aliphatic hydroxyl groups excluding tert-OH is 1. The molecule has 1 rings (SSSR count). The van der Waals surface area contributed by atoms with Crippen LogP contribution in [0.4, 0.5) is 0 Å². The molecular weight excluding hydrogens is 164 g/mol. The highest BCUT2D eigenvalue weighted by Crippen LogP contribution is 2.02. The fourth-order valence-electron chi connectivity index (χ4n) is 1.11. The van der Waals surface area contributed by atoms with Gasteiger partial charge in [0.15, 0.2) is 0 Å². The lowest BCUT2D eigenvalue weighted by Crippen LogP contribution is -2.33. The molecule has 0 saturated carbocycles. The topological polar surface area (TPSA) is 48.0 Å². The minimum absolute atomic E-state index is 0.237. The van der Waals surface area contributed by atoms with E-state index in [2.05, 4.69) is 17.2 Å². The lowest BCUT2D eigenvalue weighted by Gasteiger charge is -2.18. The number of aliphatic hydroxyl groups is 1. The third kappa shape index (κ3) is 3.20. The van der Waals surface area contributed by atoms with Gasteiger partial charge in [-0.15, -0.1) is 0 Å². The molecule has 74 valence electrons. The summed E-state index contributed by atoms with van der Waals surface area (Å²) in [5, 5.41) is 12.3. The van der Waals surface area contributed by atoms with Crippen LogP contribution in [0.3, 0.4) is 0 Å². The van der Waals surface area contributed by atoms with Crippen molar-refractivity contribution in [3.05, 3.63) is 24.0 Å². The highest BCUT2D eigenvalue weighted by Gasteiger charge is 2.09. The van der Waals surface area contributed by atoms with Crippen LogP contribution in [-0.4, -0.2) is 22.7 Å². The maximum absolute atomic E-state index is 8.92. The van der Waals surface area contributed by atoms with Crippen molar-refractivity contribution >= 4 is 0 Å². The van der Waals surface area contributed by atoms with Crippen molar-refractivity contribution < 1.29 is 5.11 Å². The molecule has 0 saturated heterocycles. The van der Waals surface area contributed by atoms with Crippen LogP contribution in [0, 0.1) is 5.92 Å². The summed E-state index contributed by atoms with van der Waals surface area (Å²) >= 11 is 0. The maximum Gasteiger partial charge on any atom is 0.0471 e. The molecule has 0 radical (unpaired) electrons. The second kappa shape index (κ2) is 5.04. The Morgan fingerprint density at radius 1 is 1.54 bits per heavy atom. The zero-order chi connectivity index (χ0) is 9.68. The molecule has 1 heterocycles. The van der Waals surface area contributed by atoms with Crippen LogP contribution >= 0.6 is 0 Å². The highest BCUT2D eigenvalue weighted by molar-refractivity contribution is 5.07. The summed E-state index contributed by atoms with van der Waals surface area (Å²) in [6.45, 7) is 5.22. The van der Waals surface area contributed by atoms with Crippen LogP contribution in [0.15, 0.2) is 18.5 Å². The SMILES string of the molecule is CC(CO)C(C)NCc1cc[nH]c1. The fourth-order valence-corrected chi connectivity index (χ4v) is 1.11. The van der Waals surface area contributed by atoms with Gasteiger partial charge in [0.05, 0.1) is 0 Å². The average molecular weight is 182 g/mol. The third-order valence-electron chi connectivity index (χ3n) is 2.43. The van der Waals surface area contributed by atoms with Crippen LogP contribution < -0.4 is 5.32 Å². The van der Waals surface area contributed by atoms with Gasteiger partial charge >= 0.3 is 0 Å². The van der Waals surface area contributed by atoms with E-state index in [1.165, 1.54) is 5.56 Å². The van der Waals surface area contributed by atoms with Gasteiger partial charge in [0, 0.05) is 31.6 Å². The van der Waals surface area contributed by atoms with Gasteiger partial charge in [0.1, 0.15) is 0 Å². The van der Waals surface area contributed by atoms with Crippen LogP contribution in [-0.2, 0) is 6.54 Å². The number of rotatable bonds is 5. The van der Waals surface area contributed by atoms with E-state index in [4.69, 9.17) is 5.11 Å². The van der Waals surface area contributed by atoms with Crippen molar-refractivity contribution in [2.24, 2.45) is 5.92 Å². The first kappa shape index (κ1) is 10.3. The Bertz CT molecular complexity index is 221. The first-order chi connectivity index (χ1) is 6.24. The summed E-state index contributed by atoms with van der Waals surface area (Å²) in [7, 11) is 0. The lowest BCUT2D eigenvalue weighted by molar-refractivity contribution is 0.207. The summed E-state index contributed by atoms with van der Waals surface area (Å²) in [5.74, 6) is 0.305. The van der Waals surface area contributed by atoms with E-state index < -0.39 is 0 Å². The van der Waals surface area contributed by atoms with Gasteiger partial charge in [-0.25, -0.2) is 0 Å². The first-order valence-corrected chi connectivity index (χ1v) is 4.70.